The average molecular weight is 352 g/mol. The molecule has 4 rings (SSSR count). The van der Waals surface area contributed by atoms with Crippen LogP contribution < -0.4 is 16.2 Å². The van der Waals surface area contributed by atoms with E-state index in [0.717, 1.165) is 23.1 Å². The largest absolute Gasteiger partial charge is 0.335 e. The van der Waals surface area contributed by atoms with E-state index in [4.69, 9.17) is 0 Å². The van der Waals surface area contributed by atoms with Crippen molar-refractivity contribution in [3.63, 3.8) is 0 Å². The minimum atomic E-state index is -0.582. The van der Waals surface area contributed by atoms with Gasteiger partial charge in [0.25, 0.3) is 5.56 Å². The van der Waals surface area contributed by atoms with Crippen LogP contribution in [0.1, 0.15) is 12.8 Å². The Hall–Kier alpha value is -3.49. The Balaban J connectivity index is 1.55. The summed E-state index contributed by atoms with van der Waals surface area (Å²) in [6, 6.07) is 8.91. The van der Waals surface area contributed by atoms with E-state index in [-0.39, 0.29) is 12.6 Å². The fourth-order valence-electron chi connectivity index (χ4n) is 2.59. The Bertz CT molecular complexity index is 1040. The summed E-state index contributed by atoms with van der Waals surface area (Å²) in [4.78, 5) is 40.4. The molecule has 2 N–H and O–H groups in total. The van der Waals surface area contributed by atoms with E-state index in [9.17, 15) is 14.4 Å². The molecule has 1 aromatic carbocycles. The highest BCUT2D eigenvalue weighted by Crippen LogP contribution is 2.18. The molecule has 1 aliphatic rings. The molecule has 9 heteroatoms. The zero-order valence-electron chi connectivity index (χ0n) is 13.8. The molecule has 132 valence electrons. The minimum Gasteiger partial charge on any atom is -0.335 e. The topological polar surface area (TPSA) is 111 Å². The zero-order chi connectivity index (χ0) is 18.1. The molecule has 26 heavy (non-hydrogen) atoms. The lowest BCUT2D eigenvalue weighted by Crippen LogP contribution is -2.42. The first-order chi connectivity index (χ1) is 12.6. The minimum absolute atomic E-state index is 0.146. The van der Waals surface area contributed by atoms with Crippen molar-refractivity contribution in [2.75, 3.05) is 0 Å². The number of carbonyl (C=O) groups excluding carboxylic acids is 2. The molecule has 3 amide bonds. The van der Waals surface area contributed by atoms with Crippen LogP contribution in [0.2, 0.25) is 0 Å². The predicted molar refractivity (Wildman–Crippen MR) is 92.8 cm³/mol. The van der Waals surface area contributed by atoms with Crippen LogP contribution in [0.5, 0.6) is 0 Å². The Morgan fingerprint density at radius 1 is 1.19 bits per heavy atom. The summed E-state index contributed by atoms with van der Waals surface area (Å²) < 4.78 is 2.71. The Morgan fingerprint density at radius 2 is 1.96 bits per heavy atom. The van der Waals surface area contributed by atoms with E-state index in [1.165, 1.54) is 12.5 Å². The monoisotopic (exact) mass is 352 g/mol. The normalized spacial score (nSPS) is 13.5. The van der Waals surface area contributed by atoms with E-state index < -0.39 is 17.5 Å². The van der Waals surface area contributed by atoms with Crippen LogP contribution >= 0.6 is 0 Å². The first-order valence-electron chi connectivity index (χ1n) is 8.21. The number of aromatic nitrogens is 4. The average Bonchev–Trinajstić information content (AvgIpc) is 3.33. The summed E-state index contributed by atoms with van der Waals surface area (Å²) in [5, 5.41) is 9.37. The predicted octanol–water partition coefficient (Wildman–Crippen LogP) is 0.570. The third-order valence-electron chi connectivity index (χ3n) is 4.03. The summed E-state index contributed by atoms with van der Waals surface area (Å²) >= 11 is 0. The number of urea groups is 1. The Labute approximate surface area is 147 Å². The number of para-hydroxylation sites is 1. The molecule has 1 fully saturated rings. The number of amides is 3. The SMILES string of the molecule is O=C(Cn1cnc2c(cnn2-c2ccccc2)c1=O)NC(=O)NC1CC1. The van der Waals surface area contributed by atoms with Crippen LogP contribution in [-0.2, 0) is 11.3 Å². The standard InChI is InChI=1S/C17H16N6O3/c24-14(21-17(26)20-11-6-7-11)9-22-10-18-15-13(16(22)25)8-19-23(15)12-4-2-1-3-5-12/h1-5,8,10-11H,6-7,9H2,(H2,20,21,24,26). The number of benzene rings is 1. The number of nitrogens with zero attached hydrogens (tertiary/aromatic N) is 4. The van der Waals surface area contributed by atoms with E-state index >= 15 is 0 Å². The number of hydrogen-bond acceptors (Lipinski definition) is 5. The van der Waals surface area contributed by atoms with Crippen molar-refractivity contribution in [2.45, 2.75) is 25.4 Å². The van der Waals surface area contributed by atoms with Crippen LogP contribution in [0.15, 0.2) is 47.7 Å². The Morgan fingerprint density at radius 3 is 2.69 bits per heavy atom. The maximum atomic E-state index is 12.6. The highest BCUT2D eigenvalue weighted by atomic mass is 16.2. The molecular weight excluding hydrogens is 336 g/mol. The van der Waals surface area contributed by atoms with Gasteiger partial charge < -0.3 is 5.32 Å². The molecule has 2 heterocycles. The second-order valence-electron chi connectivity index (χ2n) is 6.10. The number of hydrogen-bond donors (Lipinski definition) is 2. The van der Waals surface area contributed by atoms with Crippen LogP contribution in [0.4, 0.5) is 4.79 Å². The second kappa shape index (κ2) is 6.43. The fraction of sp³-hybridized carbons (Fsp3) is 0.235. The highest BCUT2D eigenvalue weighted by molar-refractivity contribution is 5.94. The van der Waals surface area contributed by atoms with Crippen molar-refractivity contribution >= 4 is 23.0 Å². The molecule has 0 aliphatic heterocycles. The van der Waals surface area contributed by atoms with Crippen molar-refractivity contribution in [2.24, 2.45) is 0 Å². The molecule has 2 aromatic heterocycles. The molecule has 1 aliphatic carbocycles. The molecular formula is C17H16N6O3. The van der Waals surface area contributed by atoms with E-state index in [1.54, 1.807) is 4.68 Å². The number of imide groups is 1. The number of nitrogens with one attached hydrogen (secondary N) is 2. The van der Waals surface area contributed by atoms with E-state index in [2.05, 4.69) is 20.7 Å². The van der Waals surface area contributed by atoms with Crippen molar-refractivity contribution in [3.8, 4) is 5.69 Å². The van der Waals surface area contributed by atoms with Gasteiger partial charge >= 0.3 is 6.03 Å². The van der Waals surface area contributed by atoms with Crippen LogP contribution in [0.3, 0.4) is 0 Å². The number of fused-ring (bicyclic) bond motifs is 1. The van der Waals surface area contributed by atoms with Crippen molar-refractivity contribution in [1.29, 1.82) is 0 Å². The van der Waals surface area contributed by atoms with Crippen molar-refractivity contribution < 1.29 is 9.59 Å². The molecule has 3 aromatic rings. The van der Waals surface area contributed by atoms with Gasteiger partial charge in [-0.15, -0.1) is 0 Å². The van der Waals surface area contributed by atoms with E-state index in [1.807, 2.05) is 30.3 Å². The second-order valence-corrected chi connectivity index (χ2v) is 6.10. The quantitative estimate of drug-likeness (QED) is 0.713. The lowest BCUT2D eigenvalue weighted by atomic mass is 10.3. The van der Waals surface area contributed by atoms with Gasteiger partial charge in [-0.05, 0) is 25.0 Å². The molecule has 0 spiro atoms. The lowest BCUT2D eigenvalue weighted by molar-refractivity contribution is -0.120. The van der Waals surface area contributed by atoms with Gasteiger partial charge in [0.1, 0.15) is 18.3 Å². The third-order valence-corrected chi connectivity index (χ3v) is 4.03. The number of rotatable bonds is 4. The van der Waals surface area contributed by atoms with Gasteiger partial charge in [-0.2, -0.15) is 5.10 Å². The number of carbonyl (C=O) groups is 2. The van der Waals surface area contributed by atoms with Crippen LogP contribution in [-0.4, -0.2) is 37.3 Å². The van der Waals surface area contributed by atoms with Crippen LogP contribution in [0, 0.1) is 0 Å². The summed E-state index contributed by atoms with van der Waals surface area (Å²) in [6.07, 6.45) is 4.55. The molecule has 0 radical (unpaired) electrons. The first kappa shape index (κ1) is 16.0. The zero-order valence-corrected chi connectivity index (χ0v) is 13.8. The molecule has 0 saturated heterocycles. The molecule has 0 atom stereocenters. The van der Waals surface area contributed by atoms with Gasteiger partial charge in [0, 0.05) is 6.04 Å². The smallest absolute Gasteiger partial charge is 0.321 e. The molecule has 9 nitrogen and oxygen atoms in total. The van der Waals surface area contributed by atoms with Gasteiger partial charge in [0.05, 0.1) is 11.9 Å². The lowest BCUT2D eigenvalue weighted by Gasteiger charge is -2.07. The highest BCUT2D eigenvalue weighted by Gasteiger charge is 2.24. The van der Waals surface area contributed by atoms with Gasteiger partial charge in [-0.3, -0.25) is 19.5 Å². The van der Waals surface area contributed by atoms with Crippen molar-refractivity contribution in [1.82, 2.24) is 30.0 Å². The van der Waals surface area contributed by atoms with Gasteiger partial charge in [0.2, 0.25) is 5.91 Å². The third kappa shape index (κ3) is 3.18. The van der Waals surface area contributed by atoms with Gasteiger partial charge in [-0.25, -0.2) is 14.5 Å². The maximum absolute atomic E-state index is 12.6. The van der Waals surface area contributed by atoms with E-state index in [0.29, 0.717) is 11.0 Å². The Kier molecular flexibility index (Phi) is 3.96. The molecule has 0 unspecified atom stereocenters. The molecule has 1 saturated carbocycles. The van der Waals surface area contributed by atoms with Gasteiger partial charge in [0.15, 0.2) is 5.65 Å². The van der Waals surface area contributed by atoms with Crippen LogP contribution in [0.25, 0.3) is 16.7 Å². The fourth-order valence-corrected chi connectivity index (χ4v) is 2.59. The summed E-state index contributed by atoms with van der Waals surface area (Å²) in [7, 11) is 0. The summed E-state index contributed by atoms with van der Waals surface area (Å²) in [5.74, 6) is -0.582. The first-order valence-corrected chi connectivity index (χ1v) is 8.21. The van der Waals surface area contributed by atoms with Gasteiger partial charge in [-0.1, -0.05) is 18.2 Å². The van der Waals surface area contributed by atoms with Crippen molar-refractivity contribution in [3.05, 3.63) is 53.2 Å². The summed E-state index contributed by atoms with van der Waals surface area (Å²) in [6.45, 7) is -0.295. The maximum Gasteiger partial charge on any atom is 0.321 e. The summed E-state index contributed by atoms with van der Waals surface area (Å²) in [5.41, 5.74) is 0.793. The molecule has 0 bridgehead atoms.